The fourth-order valence-corrected chi connectivity index (χ4v) is 1.55. The predicted molar refractivity (Wildman–Crippen MR) is 49.9 cm³/mol. The van der Waals surface area contributed by atoms with Gasteiger partial charge >= 0.3 is 5.97 Å². The van der Waals surface area contributed by atoms with Crippen LogP contribution in [0.15, 0.2) is 10.8 Å². The van der Waals surface area contributed by atoms with Crippen LogP contribution < -0.4 is 0 Å². The summed E-state index contributed by atoms with van der Waals surface area (Å²) in [4.78, 5) is 14.0. The Balaban J connectivity index is 3.31. The van der Waals surface area contributed by atoms with Crippen molar-refractivity contribution in [1.82, 2.24) is 4.98 Å². The highest BCUT2D eigenvalue weighted by Crippen LogP contribution is 2.34. The lowest BCUT2D eigenvalue weighted by Crippen LogP contribution is -2.06. The molecule has 7 heteroatoms. The summed E-state index contributed by atoms with van der Waals surface area (Å²) in [5.74, 6) is -1.98. The average Bonchev–Trinajstić information content (AvgIpc) is 2.10. The molecule has 0 aliphatic rings. The molecule has 0 amide bonds. The lowest BCUT2D eigenvalue weighted by atomic mass is 10.1. The van der Waals surface area contributed by atoms with Gasteiger partial charge in [-0.05, 0) is 15.9 Å². The minimum Gasteiger partial charge on any atom is -0.506 e. The van der Waals surface area contributed by atoms with Crippen molar-refractivity contribution < 1.29 is 23.8 Å². The highest BCUT2D eigenvalue weighted by Gasteiger charge is 2.22. The van der Waals surface area contributed by atoms with Crippen molar-refractivity contribution in [1.29, 1.82) is 0 Å². The number of carboxylic acid groups (broad SMARTS) is 1. The van der Waals surface area contributed by atoms with Gasteiger partial charge in [-0.2, -0.15) is 0 Å². The predicted octanol–water partition coefficient (Wildman–Crippen LogP) is 2.11. The number of carbonyl (C=O) groups is 1. The maximum absolute atomic E-state index is 12.5. The smallest absolute Gasteiger partial charge is 0.307 e. The molecule has 0 radical (unpaired) electrons. The largest absolute Gasteiger partial charge is 0.506 e. The summed E-state index contributed by atoms with van der Waals surface area (Å²) in [5, 5.41) is 17.7. The molecule has 2 N–H and O–H groups in total. The Morgan fingerprint density at radius 2 is 2.20 bits per heavy atom. The van der Waals surface area contributed by atoms with Gasteiger partial charge in [0, 0.05) is 5.56 Å². The average molecular weight is 282 g/mol. The van der Waals surface area contributed by atoms with Crippen LogP contribution in [0.1, 0.15) is 17.6 Å². The zero-order valence-electron chi connectivity index (χ0n) is 7.25. The Bertz CT molecular complexity index is 398. The van der Waals surface area contributed by atoms with Crippen LogP contribution in [0.4, 0.5) is 8.78 Å². The van der Waals surface area contributed by atoms with Gasteiger partial charge in [0.15, 0.2) is 0 Å². The molecule has 0 aliphatic carbocycles. The molecule has 4 nitrogen and oxygen atoms in total. The van der Waals surface area contributed by atoms with Gasteiger partial charge in [-0.15, -0.1) is 0 Å². The van der Waals surface area contributed by atoms with E-state index in [0.717, 1.165) is 6.20 Å². The third-order valence-electron chi connectivity index (χ3n) is 1.70. The molecule has 82 valence electrons. The Morgan fingerprint density at radius 3 is 2.67 bits per heavy atom. The van der Waals surface area contributed by atoms with E-state index in [1.165, 1.54) is 0 Å². The Morgan fingerprint density at radius 1 is 1.60 bits per heavy atom. The van der Waals surface area contributed by atoms with Crippen molar-refractivity contribution in [2.75, 3.05) is 0 Å². The molecule has 1 heterocycles. The lowest BCUT2D eigenvalue weighted by molar-refractivity contribution is -0.136. The Hall–Kier alpha value is -1.24. The number of pyridine rings is 1. The monoisotopic (exact) mass is 281 g/mol. The number of aliphatic carboxylic acids is 1. The number of hydrogen-bond acceptors (Lipinski definition) is 3. The first kappa shape index (κ1) is 11.8. The molecule has 15 heavy (non-hydrogen) atoms. The van der Waals surface area contributed by atoms with Crippen LogP contribution in [0.3, 0.4) is 0 Å². The molecular weight excluding hydrogens is 276 g/mol. The molecule has 0 fully saturated rings. The standard InChI is InChI=1S/C8H6BrF2NO3/c9-7-3(1-5(14)15)6(8(10)11)4(13)2-12-7/h2,8,13H,1H2,(H,14,15). The number of aromatic nitrogens is 1. The van der Waals surface area contributed by atoms with Gasteiger partial charge in [0.25, 0.3) is 6.43 Å². The van der Waals surface area contributed by atoms with E-state index in [1.807, 2.05) is 0 Å². The molecule has 1 aromatic rings. The van der Waals surface area contributed by atoms with E-state index >= 15 is 0 Å². The fraction of sp³-hybridized carbons (Fsp3) is 0.250. The summed E-state index contributed by atoms with van der Waals surface area (Å²) in [6.07, 6.45) is -2.72. The second-order valence-electron chi connectivity index (χ2n) is 2.70. The first-order valence-electron chi connectivity index (χ1n) is 3.79. The van der Waals surface area contributed by atoms with Crippen LogP contribution in [0, 0.1) is 0 Å². The van der Waals surface area contributed by atoms with E-state index in [-0.39, 0.29) is 10.2 Å². The van der Waals surface area contributed by atoms with Crippen LogP contribution in [-0.2, 0) is 11.2 Å². The number of aromatic hydroxyl groups is 1. The van der Waals surface area contributed by atoms with Gasteiger partial charge < -0.3 is 10.2 Å². The van der Waals surface area contributed by atoms with Crippen molar-refractivity contribution >= 4 is 21.9 Å². The number of hydrogen-bond donors (Lipinski definition) is 2. The van der Waals surface area contributed by atoms with E-state index in [4.69, 9.17) is 10.2 Å². The van der Waals surface area contributed by atoms with Crippen molar-refractivity contribution in [3.8, 4) is 5.75 Å². The summed E-state index contributed by atoms with van der Waals surface area (Å²) in [6.45, 7) is 0. The van der Waals surface area contributed by atoms with Crippen LogP contribution in [0.25, 0.3) is 0 Å². The van der Waals surface area contributed by atoms with Crippen molar-refractivity contribution in [2.45, 2.75) is 12.8 Å². The number of rotatable bonds is 3. The Kier molecular flexibility index (Phi) is 3.57. The normalized spacial score (nSPS) is 10.7. The van der Waals surface area contributed by atoms with E-state index in [1.54, 1.807) is 0 Å². The maximum Gasteiger partial charge on any atom is 0.307 e. The first-order valence-corrected chi connectivity index (χ1v) is 4.59. The molecule has 0 saturated heterocycles. The number of halogens is 3. The van der Waals surface area contributed by atoms with Gasteiger partial charge in [-0.1, -0.05) is 0 Å². The lowest BCUT2D eigenvalue weighted by Gasteiger charge is -2.10. The quantitative estimate of drug-likeness (QED) is 0.833. The van der Waals surface area contributed by atoms with Crippen molar-refractivity contribution in [3.05, 3.63) is 21.9 Å². The van der Waals surface area contributed by atoms with Gasteiger partial charge in [0.05, 0.1) is 18.2 Å². The Labute approximate surface area is 91.7 Å². The van der Waals surface area contributed by atoms with E-state index in [0.29, 0.717) is 0 Å². The minimum absolute atomic E-state index is 0.00185. The van der Waals surface area contributed by atoms with Gasteiger partial charge in [-0.3, -0.25) is 4.79 Å². The second kappa shape index (κ2) is 4.52. The molecule has 0 saturated carbocycles. The highest BCUT2D eigenvalue weighted by atomic mass is 79.9. The zero-order valence-corrected chi connectivity index (χ0v) is 8.83. The minimum atomic E-state index is -2.95. The highest BCUT2D eigenvalue weighted by molar-refractivity contribution is 9.10. The van der Waals surface area contributed by atoms with Crippen LogP contribution >= 0.6 is 15.9 Å². The molecule has 1 rings (SSSR count). The van der Waals surface area contributed by atoms with Gasteiger partial charge in [0.1, 0.15) is 10.4 Å². The third kappa shape index (κ3) is 2.62. The molecule has 1 aromatic heterocycles. The molecule has 0 aliphatic heterocycles. The number of nitrogens with zero attached hydrogens (tertiary/aromatic N) is 1. The maximum atomic E-state index is 12.5. The second-order valence-corrected chi connectivity index (χ2v) is 3.45. The molecular formula is C8H6BrF2NO3. The van der Waals surface area contributed by atoms with Gasteiger partial charge in [-0.25, -0.2) is 13.8 Å². The molecule has 0 bridgehead atoms. The van der Waals surface area contributed by atoms with Crippen LogP contribution in [-0.4, -0.2) is 21.2 Å². The topological polar surface area (TPSA) is 70.4 Å². The summed E-state index contributed by atoms with van der Waals surface area (Å²) < 4.78 is 25.0. The SMILES string of the molecule is O=C(O)Cc1c(Br)ncc(O)c1C(F)F. The zero-order chi connectivity index (χ0) is 11.6. The number of carboxylic acids is 1. The summed E-state index contributed by atoms with van der Waals surface area (Å²) >= 11 is 2.86. The summed E-state index contributed by atoms with van der Waals surface area (Å²) in [7, 11) is 0. The summed E-state index contributed by atoms with van der Waals surface area (Å²) in [6, 6.07) is 0. The van der Waals surface area contributed by atoms with Gasteiger partial charge in [0.2, 0.25) is 0 Å². The molecule has 0 spiro atoms. The molecule has 0 unspecified atom stereocenters. The fourth-order valence-electron chi connectivity index (χ4n) is 1.09. The third-order valence-corrected chi connectivity index (χ3v) is 2.38. The van der Waals surface area contributed by atoms with Crippen molar-refractivity contribution in [2.24, 2.45) is 0 Å². The van der Waals surface area contributed by atoms with Crippen LogP contribution in [0.5, 0.6) is 5.75 Å². The van der Waals surface area contributed by atoms with Crippen LogP contribution in [0.2, 0.25) is 0 Å². The van der Waals surface area contributed by atoms with E-state index in [2.05, 4.69) is 20.9 Å². The first-order chi connectivity index (χ1) is 6.93. The summed E-state index contributed by atoms with van der Waals surface area (Å²) in [5.41, 5.74) is -0.906. The molecule has 0 aromatic carbocycles. The van der Waals surface area contributed by atoms with Crippen molar-refractivity contribution in [3.63, 3.8) is 0 Å². The van der Waals surface area contributed by atoms with E-state index < -0.39 is 30.1 Å². The molecule has 0 atom stereocenters. The van der Waals surface area contributed by atoms with E-state index in [9.17, 15) is 13.6 Å². The number of alkyl halides is 2.